The first-order chi connectivity index (χ1) is 13.6. The third-order valence-electron chi connectivity index (χ3n) is 4.21. The van der Waals surface area contributed by atoms with Gasteiger partial charge >= 0.3 is 5.97 Å². The Morgan fingerprint density at radius 3 is 2.64 bits per heavy atom. The molecule has 4 rings (SSSR count). The molecule has 0 amide bonds. The molecule has 0 bridgehead atoms. The predicted octanol–water partition coefficient (Wildman–Crippen LogP) is 4.67. The van der Waals surface area contributed by atoms with E-state index in [1.807, 2.05) is 42.5 Å². The number of fused-ring (bicyclic) bond motifs is 2. The molecule has 7 heteroatoms. The molecule has 1 aromatic heterocycles. The summed E-state index contributed by atoms with van der Waals surface area (Å²) in [5.74, 6) is 0.115. The van der Waals surface area contributed by atoms with Crippen LogP contribution in [0.5, 0.6) is 0 Å². The Labute approximate surface area is 173 Å². The molecule has 0 saturated carbocycles. The average Bonchev–Trinajstić information content (AvgIpc) is 2.72. The number of halogens is 1. The van der Waals surface area contributed by atoms with E-state index in [2.05, 4.69) is 25.9 Å². The zero-order valence-corrected chi connectivity index (χ0v) is 17.0. The third-order valence-corrected chi connectivity index (χ3v) is 6.35. The molecule has 0 spiro atoms. The summed E-state index contributed by atoms with van der Waals surface area (Å²) < 4.78 is 6.24. The summed E-state index contributed by atoms with van der Waals surface area (Å²) in [5.41, 5.74) is 0.331. The highest BCUT2D eigenvalue weighted by atomic mass is 79.9. The maximum absolute atomic E-state index is 12.1. The van der Waals surface area contributed by atoms with Gasteiger partial charge in [0.2, 0.25) is 0 Å². The van der Waals surface area contributed by atoms with Gasteiger partial charge in [-0.15, -0.1) is 11.8 Å². The number of rotatable bonds is 5. The van der Waals surface area contributed by atoms with Gasteiger partial charge in [0.25, 0.3) is 5.56 Å². The van der Waals surface area contributed by atoms with Crippen molar-refractivity contribution in [3.05, 3.63) is 81.3 Å². The van der Waals surface area contributed by atoms with Crippen LogP contribution in [0.15, 0.2) is 74.8 Å². The molecule has 5 nitrogen and oxygen atoms in total. The minimum Gasteiger partial charge on any atom is -0.457 e. The van der Waals surface area contributed by atoms with E-state index in [4.69, 9.17) is 4.74 Å². The lowest BCUT2D eigenvalue weighted by atomic mass is 10.1. The van der Waals surface area contributed by atoms with Crippen molar-refractivity contribution in [2.75, 3.05) is 5.75 Å². The van der Waals surface area contributed by atoms with Crippen LogP contribution in [0.3, 0.4) is 0 Å². The van der Waals surface area contributed by atoms with Crippen LogP contribution in [-0.2, 0) is 16.1 Å². The normalized spacial score (nSPS) is 11.0. The van der Waals surface area contributed by atoms with Gasteiger partial charge in [-0.2, -0.15) is 0 Å². The Balaban J connectivity index is 1.40. The number of carbonyl (C=O) groups is 1. The molecule has 28 heavy (non-hydrogen) atoms. The van der Waals surface area contributed by atoms with E-state index in [1.54, 1.807) is 18.2 Å². The fourth-order valence-electron chi connectivity index (χ4n) is 2.86. The molecule has 0 saturated heterocycles. The molecule has 1 heterocycles. The Kier molecular flexibility index (Phi) is 5.45. The van der Waals surface area contributed by atoms with Crippen molar-refractivity contribution >= 4 is 55.3 Å². The van der Waals surface area contributed by atoms with E-state index in [0.717, 1.165) is 20.1 Å². The van der Waals surface area contributed by atoms with Crippen molar-refractivity contribution in [2.24, 2.45) is 0 Å². The second-order valence-electron chi connectivity index (χ2n) is 6.08. The van der Waals surface area contributed by atoms with E-state index in [1.165, 1.54) is 11.8 Å². The first-order valence-electron chi connectivity index (χ1n) is 8.55. The van der Waals surface area contributed by atoms with E-state index in [9.17, 15) is 9.59 Å². The van der Waals surface area contributed by atoms with Crippen LogP contribution in [0.2, 0.25) is 0 Å². The van der Waals surface area contributed by atoms with Gasteiger partial charge in [0.1, 0.15) is 12.4 Å². The van der Waals surface area contributed by atoms with E-state index < -0.39 is 0 Å². The quantitative estimate of drug-likeness (QED) is 0.350. The molecule has 0 radical (unpaired) electrons. The number of aromatic nitrogens is 2. The number of carbonyl (C=O) groups excluding carboxylic acids is 1. The van der Waals surface area contributed by atoms with Gasteiger partial charge in [-0.1, -0.05) is 42.5 Å². The van der Waals surface area contributed by atoms with Crippen LogP contribution in [0, 0.1) is 0 Å². The van der Waals surface area contributed by atoms with Crippen LogP contribution >= 0.6 is 27.7 Å². The van der Waals surface area contributed by atoms with Crippen LogP contribution in [-0.4, -0.2) is 21.7 Å². The summed E-state index contributed by atoms with van der Waals surface area (Å²) >= 11 is 5.01. The number of hydrogen-bond acceptors (Lipinski definition) is 5. The van der Waals surface area contributed by atoms with Crippen molar-refractivity contribution in [1.29, 1.82) is 0 Å². The topological polar surface area (TPSA) is 72.0 Å². The number of esters is 1. The maximum atomic E-state index is 12.1. The summed E-state index contributed by atoms with van der Waals surface area (Å²) in [6.45, 7) is -0.0711. The van der Waals surface area contributed by atoms with E-state index in [-0.39, 0.29) is 23.9 Å². The highest BCUT2D eigenvalue weighted by Crippen LogP contribution is 2.34. The fraction of sp³-hybridized carbons (Fsp3) is 0.0952. The molecule has 0 aliphatic carbocycles. The van der Waals surface area contributed by atoms with Crippen LogP contribution < -0.4 is 5.56 Å². The summed E-state index contributed by atoms with van der Waals surface area (Å²) in [5, 5.41) is 2.74. The number of aromatic amines is 1. The number of nitrogens with zero attached hydrogens (tertiary/aromatic N) is 1. The fourth-order valence-corrected chi connectivity index (χ4v) is 4.45. The molecular weight excluding hydrogens is 440 g/mol. The van der Waals surface area contributed by atoms with Gasteiger partial charge in [-0.25, -0.2) is 4.98 Å². The number of thioether (sulfide) groups is 1. The highest BCUT2D eigenvalue weighted by molar-refractivity contribution is 9.10. The first kappa shape index (κ1) is 18.7. The Morgan fingerprint density at radius 2 is 1.79 bits per heavy atom. The SMILES string of the molecule is O=C(CSc1ccc2ccccc2c1Br)OCc1nc2ccccc2c(=O)[nH]1. The maximum Gasteiger partial charge on any atom is 0.316 e. The van der Waals surface area contributed by atoms with Gasteiger partial charge in [0, 0.05) is 9.37 Å². The van der Waals surface area contributed by atoms with Crippen molar-refractivity contribution in [1.82, 2.24) is 9.97 Å². The van der Waals surface area contributed by atoms with Gasteiger partial charge in [-0.05, 0) is 44.9 Å². The first-order valence-corrected chi connectivity index (χ1v) is 10.3. The van der Waals surface area contributed by atoms with Crippen LogP contribution in [0.4, 0.5) is 0 Å². The van der Waals surface area contributed by atoms with Gasteiger partial charge in [-0.3, -0.25) is 9.59 Å². The number of hydrogen-bond donors (Lipinski definition) is 1. The minimum absolute atomic E-state index is 0.0711. The minimum atomic E-state index is -0.374. The summed E-state index contributed by atoms with van der Waals surface area (Å²) in [4.78, 5) is 32.1. The molecule has 1 N–H and O–H groups in total. The number of benzene rings is 3. The Morgan fingerprint density at radius 1 is 1.04 bits per heavy atom. The number of nitrogens with one attached hydrogen (secondary N) is 1. The predicted molar refractivity (Wildman–Crippen MR) is 115 cm³/mol. The monoisotopic (exact) mass is 454 g/mol. The van der Waals surface area contributed by atoms with Crippen molar-refractivity contribution < 1.29 is 9.53 Å². The van der Waals surface area contributed by atoms with Crippen molar-refractivity contribution in [2.45, 2.75) is 11.5 Å². The smallest absolute Gasteiger partial charge is 0.316 e. The second kappa shape index (κ2) is 8.16. The van der Waals surface area contributed by atoms with Gasteiger partial charge in [0.05, 0.1) is 16.7 Å². The molecule has 0 unspecified atom stereocenters. The summed E-state index contributed by atoms with van der Waals surface area (Å²) in [6.07, 6.45) is 0. The molecular formula is C21H15BrN2O3S. The zero-order chi connectivity index (χ0) is 19.5. The molecule has 4 aromatic rings. The lowest BCUT2D eigenvalue weighted by Gasteiger charge is -2.08. The number of ether oxygens (including phenoxy) is 1. The molecule has 140 valence electrons. The summed E-state index contributed by atoms with van der Waals surface area (Å²) in [6, 6.07) is 19.1. The van der Waals surface area contributed by atoms with Crippen LogP contribution in [0.25, 0.3) is 21.7 Å². The Bertz CT molecular complexity index is 1240. The number of H-pyrrole nitrogens is 1. The van der Waals surface area contributed by atoms with Crippen LogP contribution in [0.1, 0.15) is 5.82 Å². The largest absolute Gasteiger partial charge is 0.457 e. The molecule has 0 fully saturated rings. The molecule has 0 atom stereocenters. The van der Waals surface area contributed by atoms with E-state index in [0.29, 0.717) is 16.7 Å². The number of para-hydroxylation sites is 1. The molecule has 3 aromatic carbocycles. The third kappa shape index (κ3) is 3.95. The Hall–Kier alpha value is -2.64. The van der Waals surface area contributed by atoms with Gasteiger partial charge < -0.3 is 9.72 Å². The van der Waals surface area contributed by atoms with E-state index >= 15 is 0 Å². The zero-order valence-electron chi connectivity index (χ0n) is 14.6. The lowest BCUT2D eigenvalue weighted by molar-refractivity contribution is -0.141. The molecule has 0 aliphatic rings. The summed E-state index contributed by atoms with van der Waals surface area (Å²) in [7, 11) is 0. The standard InChI is InChI=1S/C21H15BrN2O3S/c22-20-14-6-2-1-5-13(14)9-10-17(20)28-12-19(25)27-11-18-23-16-8-4-3-7-15(16)21(26)24-18/h1-10H,11-12H2,(H,23,24,26). The van der Waals surface area contributed by atoms with Crippen molar-refractivity contribution in [3.63, 3.8) is 0 Å². The van der Waals surface area contributed by atoms with Gasteiger partial charge in [0.15, 0.2) is 0 Å². The second-order valence-corrected chi connectivity index (χ2v) is 7.89. The highest BCUT2D eigenvalue weighted by Gasteiger charge is 2.11. The lowest BCUT2D eigenvalue weighted by Crippen LogP contribution is -2.15. The van der Waals surface area contributed by atoms with Crippen molar-refractivity contribution in [3.8, 4) is 0 Å². The average molecular weight is 455 g/mol. The molecule has 0 aliphatic heterocycles.